The molecule has 1 unspecified atom stereocenters. The Morgan fingerprint density at radius 2 is 1.61 bits per heavy atom. The number of carbonyl (C=O) groups is 2. The van der Waals surface area contributed by atoms with Gasteiger partial charge in [-0.2, -0.15) is 0 Å². The summed E-state index contributed by atoms with van der Waals surface area (Å²) in [5.74, 6) is 0.103. The molecule has 1 atom stereocenters. The minimum Gasteiger partial charge on any atom is -0.490 e. The van der Waals surface area contributed by atoms with Gasteiger partial charge < -0.3 is 20.1 Å². The fraction of sp³-hybridized carbons (Fsp3) is 0.364. The second-order valence-electron chi connectivity index (χ2n) is 6.26. The third-order valence-corrected chi connectivity index (χ3v) is 4.16. The molecule has 6 nitrogen and oxygen atoms in total. The zero-order chi connectivity index (χ0) is 20.4. The number of ether oxygens (including phenoxy) is 2. The molecule has 0 aliphatic carbocycles. The molecule has 0 spiro atoms. The Labute approximate surface area is 166 Å². The summed E-state index contributed by atoms with van der Waals surface area (Å²) in [5, 5.41) is 5.36. The first-order valence-corrected chi connectivity index (χ1v) is 9.57. The molecule has 0 saturated carbocycles. The van der Waals surface area contributed by atoms with Crippen LogP contribution in [0.25, 0.3) is 0 Å². The molecule has 0 bridgehead atoms. The monoisotopic (exact) mass is 384 g/mol. The predicted molar refractivity (Wildman–Crippen MR) is 108 cm³/mol. The SMILES string of the molecule is CCOc1ccc(CCNC(=O)C(=O)NC(C)c2ccccc2)cc1OCC. The summed E-state index contributed by atoms with van der Waals surface area (Å²) in [6, 6.07) is 15.0. The van der Waals surface area contributed by atoms with Crippen LogP contribution in [0.2, 0.25) is 0 Å². The normalized spacial score (nSPS) is 11.4. The molecule has 2 N–H and O–H groups in total. The van der Waals surface area contributed by atoms with E-state index in [1.807, 2.05) is 69.3 Å². The molecule has 2 rings (SSSR count). The van der Waals surface area contributed by atoms with Crippen LogP contribution in [0.1, 0.15) is 37.9 Å². The van der Waals surface area contributed by atoms with Crippen LogP contribution in [0, 0.1) is 0 Å². The standard InChI is InChI=1S/C22H28N2O4/c1-4-27-19-12-11-17(15-20(19)28-5-2)13-14-23-21(25)22(26)24-16(3)18-9-7-6-8-10-18/h6-12,15-16H,4-5,13-14H2,1-3H3,(H,23,25)(H,24,26). The van der Waals surface area contributed by atoms with Gasteiger partial charge in [0, 0.05) is 6.54 Å². The van der Waals surface area contributed by atoms with Gasteiger partial charge in [-0.05, 0) is 50.5 Å². The maximum atomic E-state index is 12.1. The number of carbonyl (C=O) groups excluding carboxylic acids is 2. The Hall–Kier alpha value is -3.02. The van der Waals surface area contributed by atoms with E-state index in [2.05, 4.69) is 10.6 Å². The van der Waals surface area contributed by atoms with Crippen molar-refractivity contribution in [2.24, 2.45) is 0 Å². The zero-order valence-corrected chi connectivity index (χ0v) is 16.7. The molecule has 0 aliphatic heterocycles. The van der Waals surface area contributed by atoms with Gasteiger partial charge in [0.1, 0.15) is 0 Å². The van der Waals surface area contributed by atoms with Crippen molar-refractivity contribution < 1.29 is 19.1 Å². The molecule has 150 valence electrons. The average Bonchev–Trinajstić information content (AvgIpc) is 2.70. The lowest BCUT2D eigenvalue weighted by molar-refractivity contribution is -0.139. The first kappa shape index (κ1) is 21.3. The van der Waals surface area contributed by atoms with Crippen molar-refractivity contribution in [3.05, 3.63) is 59.7 Å². The average molecular weight is 384 g/mol. The van der Waals surface area contributed by atoms with Gasteiger partial charge in [-0.25, -0.2) is 0 Å². The molecular weight excluding hydrogens is 356 g/mol. The zero-order valence-electron chi connectivity index (χ0n) is 16.7. The van der Waals surface area contributed by atoms with Crippen molar-refractivity contribution in [2.75, 3.05) is 19.8 Å². The van der Waals surface area contributed by atoms with E-state index in [0.717, 1.165) is 11.1 Å². The van der Waals surface area contributed by atoms with Gasteiger partial charge >= 0.3 is 11.8 Å². The van der Waals surface area contributed by atoms with E-state index in [4.69, 9.17) is 9.47 Å². The first-order chi connectivity index (χ1) is 13.5. The lowest BCUT2D eigenvalue weighted by Gasteiger charge is -2.14. The van der Waals surface area contributed by atoms with Crippen LogP contribution < -0.4 is 20.1 Å². The Balaban J connectivity index is 1.84. The number of nitrogens with one attached hydrogen (secondary N) is 2. The third kappa shape index (κ3) is 6.30. The number of rotatable bonds is 9. The van der Waals surface area contributed by atoms with Crippen LogP contribution in [0.5, 0.6) is 11.5 Å². The second kappa shape index (κ2) is 11.0. The molecule has 2 aromatic rings. The number of hydrogen-bond acceptors (Lipinski definition) is 4. The van der Waals surface area contributed by atoms with Crippen molar-refractivity contribution in [3.63, 3.8) is 0 Å². The molecule has 0 fully saturated rings. The smallest absolute Gasteiger partial charge is 0.309 e. The predicted octanol–water partition coefficient (Wildman–Crippen LogP) is 3.02. The lowest BCUT2D eigenvalue weighted by Crippen LogP contribution is -2.41. The Kier molecular flexibility index (Phi) is 8.34. The van der Waals surface area contributed by atoms with Gasteiger partial charge in [0.15, 0.2) is 11.5 Å². The number of benzene rings is 2. The van der Waals surface area contributed by atoms with E-state index in [1.54, 1.807) is 0 Å². The van der Waals surface area contributed by atoms with Crippen LogP contribution in [0.4, 0.5) is 0 Å². The molecule has 28 heavy (non-hydrogen) atoms. The highest BCUT2D eigenvalue weighted by Gasteiger charge is 2.16. The van der Waals surface area contributed by atoms with E-state index >= 15 is 0 Å². The first-order valence-electron chi connectivity index (χ1n) is 9.57. The maximum Gasteiger partial charge on any atom is 0.309 e. The molecule has 2 amide bonds. The topological polar surface area (TPSA) is 76.7 Å². The Morgan fingerprint density at radius 1 is 0.929 bits per heavy atom. The summed E-state index contributed by atoms with van der Waals surface area (Å²) >= 11 is 0. The van der Waals surface area contributed by atoms with Crippen molar-refractivity contribution >= 4 is 11.8 Å². The molecule has 0 saturated heterocycles. The van der Waals surface area contributed by atoms with Gasteiger partial charge in [0.2, 0.25) is 0 Å². The van der Waals surface area contributed by atoms with E-state index < -0.39 is 11.8 Å². The molecule has 2 aromatic carbocycles. The summed E-state index contributed by atoms with van der Waals surface area (Å²) in [6.45, 7) is 7.13. The van der Waals surface area contributed by atoms with Crippen LogP contribution in [0.3, 0.4) is 0 Å². The Morgan fingerprint density at radius 3 is 2.29 bits per heavy atom. The minimum absolute atomic E-state index is 0.237. The van der Waals surface area contributed by atoms with Crippen LogP contribution in [-0.2, 0) is 16.0 Å². The molecule has 6 heteroatoms. The second-order valence-corrected chi connectivity index (χ2v) is 6.26. The highest BCUT2D eigenvalue weighted by atomic mass is 16.5. The van der Waals surface area contributed by atoms with Gasteiger partial charge in [-0.3, -0.25) is 9.59 Å². The van der Waals surface area contributed by atoms with Gasteiger partial charge in [0.25, 0.3) is 0 Å². The van der Waals surface area contributed by atoms with Crippen molar-refractivity contribution in [2.45, 2.75) is 33.2 Å². The van der Waals surface area contributed by atoms with E-state index in [-0.39, 0.29) is 6.04 Å². The van der Waals surface area contributed by atoms with Gasteiger partial charge in [-0.1, -0.05) is 36.4 Å². The quantitative estimate of drug-likeness (QED) is 0.652. The number of amides is 2. The molecular formula is C22H28N2O4. The summed E-state index contributed by atoms with van der Waals surface area (Å²) in [6.07, 6.45) is 0.583. The van der Waals surface area contributed by atoms with Gasteiger partial charge in [0.05, 0.1) is 19.3 Å². The van der Waals surface area contributed by atoms with Gasteiger partial charge in [-0.15, -0.1) is 0 Å². The highest BCUT2D eigenvalue weighted by molar-refractivity contribution is 6.35. The lowest BCUT2D eigenvalue weighted by atomic mass is 10.1. The number of hydrogen-bond donors (Lipinski definition) is 2. The Bertz CT molecular complexity index is 777. The fourth-order valence-electron chi connectivity index (χ4n) is 2.74. The van der Waals surface area contributed by atoms with E-state index in [1.165, 1.54) is 0 Å². The summed E-state index contributed by atoms with van der Waals surface area (Å²) in [7, 11) is 0. The van der Waals surface area contributed by atoms with Crippen LogP contribution >= 0.6 is 0 Å². The van der Waals surface area contributed by atoms with E-state index in [0.29, 0.717) is 37.7 Å². The molecule has 0 aromatic heterocycles. The van der Waals surface area contributed by atoms with Crippen molar-refractivity contribution in [1.82, 2.24) is 10.6 Å². The van der Waals surface area contributed by atoms with Crippen LogP contribution in [-0.4, -0.2) is 31.6 Å². The third-order valence-electron chi connectivity index (χ3n) is 4.16. The maximum absolute atomic E-state index is 12.1. The molecule has 0 radical (unpaired) electrons. The minimum atomic E-state index is -0.641. The molecule has 0 heterocycles. The largest absolute Gasteiger partial charge is 0.490 e. The fourth-order valence-corrected chi connectivity index (χ4v) is 2.74. The summed E-state index contributed by atoms with van der Waals surface area (Å²) < 4.78 is 11.1. The summed E-state index contributed by atoms with van der Waals surface area (Å²) in [5.41, 5.74) is 1.94. The van der Waals surface area contributed by atoms with Crippen molar-refractivity contribution in [1.29, 1.82) is 0 Å². The highest BCUT2D eigenvalue weighted by Crippen LogP contribution is 2.28. The summed E-state index contributed by atoms with van der Waals surface area (Å²) in [4.78, 5) is 24.1. The van der Waals surface area contributed by atoms with E-state index in [9.17, 15) is 9.59 Å². The van der Waals surface area contributed by atoms with Crippen molar-refractivity contribution in [3.8, 4) is 11.5 Å². The van der Waals surface area contributed by atoms with Crippen LogP contribution in [0.15, 0.2) is 48.5 Å². The molecule has 0 aliphatic rings.